The van der Waals surface area contributed by atoms with Crippen LogP contribution in [0.15, 0.2) is 41.0 Å². The molecule has 0 fully saturated rings. The Morgan fingerprint density at radius 3 is 2.57 bits per heavy atom. The van der Waals surface area contributed by atoms with Gasteiger partial charge in [0.25, 0.3) is 0 Å². The average molecular weight is 353 g/mol. The lowest BCUT2D eigenvalue weighted by atomic mass is 10.1. The Morgan fingerprint density at radius 1 is 1.24 bits per heavy atom. The third-order valence-corrected chi connectivity index (χ3v) is 3.74. The number of benzene rings is 1. The maximum atomic E-state index is 13.4. The van der Waals surface area contributed by atoms with Crippen molar-refractivity contribution in [3.05, 3.63) is 52.5 Å². The van der Waals surface area contributed by atoms with Crippen LogP contribution in [-0.2, 0) is 0 Å². The molecule has 2 rings (SSSR count). The highest BCUT2D eigenvalue weighted by molar-refractivity contribution is 9.10. The second kappa shape index (κ2) is 7.52. The highest BCUT2D eigenvalue weighted by Crippen LogP contribution is 2.26. The quantitative estimate of drug-likeness (QED) is 0.807. The molecule has 0 bridgehead atoms. The average Bonchev–Trinajstić information content (AvgIpc) is 2.49. The van der Waals surface area contributed by atoms with Gasteiger partial charge in [-0.15, -0.1) is 0 Å². The van der Waals surface area contributed by atoms with Crippen LogP contribution in [-0.4, -0.2) is 11.5 Å². The van der Waals surface area contributed by atoms with Gasteiger partial charge in [0.2, 0.25) is 0 Å². The number of halogens is 2. The number of aromatic nitrogens is 1. The highest BCUT2D eigenvalue weighted by atomic mass is 79.9. The van der Waals surface area contributed by atoms with E-state index in [0.717, 1.165) is 18.7 Å². The molecule has 0 spiro atoms. The van der Waals surface area contributed by atoms with Crippen LogP contribution in [0.4, 0.5) is 4.39 Å². The Morgan fingerprint density at radius 2 is 2.00 bits per heavy atom. The second-order valence-electron chi connectivity index (χ2n) is 4.62. The minimum absolute atomic E-state index is 0.245. The van der Waals surface area contributed by atoms with Crippen molar-refractivity contribution in [3.8, 4) is 11.5 Å². The number of rotatable bonds is 6. The zero-order chi connectivity index (χ0) is 15.2. The van der Waals surface area contributed by atoms with Gasteiger partial charge in [0.1, 0.15) is 17.3 Å². The monoisotopic (exact) mass is 352 g/mol. The summed E-state index contributed by atoms with van der Waals surface area (Å²) < 4.78 is 19.4. The molecule has 3 nitrogen and oxygen atoms in total. The predicted octanol–water partition coefficient (Wildman–Crippen LogP) is 4.84. The lowest BCUT2D eigenvalue weighted by Crippen LogP contribution is -2.20. The van der Waals surface area contributed by atoms with E-state index in [1.165, 1.54) is 6.07 Å². The molecule has 112 valence electrons. The first-order valence-electron chi connectivity index (χ1n) is 6.96. The lowest BCUT2D eigenvalue weighted by molar-refractivity contribution is 0.470. The summed E-state index contributed by atoms with van der Waals surface area (Å²) in [7, 11) is 0. The number of pyridine rings is 1. The molecule has 1 aromatic carbocycles. The first kappa shape index (κ1) is 15.9. The topological polar surface area (TPSA) is 34.1 Å². The molecule has 1 unspecified atom stereocenters. The standard InChI is InChI=1S/C16H18BrFN2O/c1-3-15(19-4-2)16-8-6-12(10-20-16)21-11-5-7-13(17)14(18)9-11/h5-10,15,19H,3-4H2,1-2H3. The number of ether oxygens (including phenoxy) is 1. The van der Waals surface area contributed by atoms with E-state index in [9.17, 15) is 4.39 Å². The molecular formula is C16H18BrFN2O. The fourth-order valence-corrected chi connectivity index (χ4v) is 2.29. The molecule has 0 saturated heterocycles. The SMILES string of the molecule is CCNC(CC)c1ccc(Oc2ccc(Br)c(F)c2)cn1. The minimum Gasteiger partial charge on any atom is -0.456 e. The normalized spacial score (nSPS) is 12.2. The van der Waals surface area contributed by atoms with Crippen LogP contribution in [0.1, 0.15) is 32.0 Å². The van der Waals surface area contributed by atoms with Crippen molar-refractivity contribution in [1.82, 2.24) is 10.3 Å². The van der Waals surface area contributed by atoms with Gasteiger partial charge < -0.3 is 10.1 Å². The van der Waals surface area contributed by atoms with E-state index in [0.29, 0.717) is 16.0 Å². The Bertz CT molecular complexity index is 589. The van der Waals surface area contributed by atoms with Crippen molar-refractivity contribution in [2.45, 2.75) is 26.3 Å². The van der Waals surface area contributed by atoms with E-state index in [4.69, 9.17) is 4.74 Å². The van der Waals surface area contributed by atoms with Crippen LogP contribution in [0.25, 0.3) is 0 Å². The molecule has 0 saturated carbocycles. The van der Waals surface area contributed by atoms with Gasteiger partial charge in [-0.1, -0.05) is 13.8 Å². The van der Waals surface area contributed by atoms with Gasteiger partial charge in [0.05, 0.1) is 16.4 Å². The van der Waals surface area contributed by atoms with Crippen molar-refractivity contribution < 1.29 is 9.13 Å². The summed E-state index contributed by atoms with van der Waals surface area (Å²) in [5.74, 6) is 0.686. The smallest absolute Gasteiger partial charge is 0.145 e. The molecule has 21 heavy (non-hydrogen) atoms. The molecule has 5 heteroatoms. The lowest BCUT2D eigenvalue weighted by Gasteiger charge is -2.15. The fourth-order valence-electron chi connectivity index (χ4n) is 2.04. The number of nitrogens with zero attached hydrogens (tertiary/aromatic N) is 1. The third kappa shape index (κ3) is 4.25. The van der Waals surface area contributed by atoms with Crippen LogP contribution in [0.2, 0.25) is 0 Å². The molecule has 0 aliphatic carbocycles. The summed E-state index contributed by atoms with van der Waals surface area (Å²) in [6.45, 7) is 5.09. The molecule has 0 aliphatic rings. The highest BCUT2D eigenvalue weighted by Gasteiger charge is 2.09. The third-order valence-electron chi connectivity index (χ3n) is 3.10. The van der Waals surface area contributed by atoms with Gasteiger partial charge in [-0.05, 0) is 53.2 Å². The van der Waals surface area contributed by atoms with E-state index in [1.807, 2.05) is 12.1 Å². The van der Waals surface area contributed by atoms with Crippen molar-refractivity contribution in [1.29, 1.82) is 0 Å². The van der Waals surface area contributed by atoms with Gasteiger partial charge in [0, 0.05) is 12.1 Å². The summed E-state index contributed by atoms with van der Waals surface area (Å²) in [6.07, 6.45) is 2.63. The molecule has 1 atom stereocenters. The zero-order valence-corrected chi connectivity index (χ0v) is 13.7. The maximum Gasteiger partial charge on any atom is 0.145 e. The molecule has 1 aromatic heterocycles. The van der Waals surface area contributed by atoms with Gasteiger partial charge in [0.15, 0.2) is 0 Å². The van der Waals surface area contributed by atoms with Gasteiger partial charge in [-0.25, -0.2) is 4.39 Å². The van der Waals surface area contributed by atoms with Crippen molar-refractivity contribution in [2.24, 2.45) is 0 Å². The molecule has 0 aliphatic heterocycles. The summed E-state index contributed by atoms with van der Waals surface area (Å²) >= 11 is 3.11. The predicted molar refractivity (Wildman–Crippen MR) is 85.1 cm³/mol. The molecule has 1 N–H and O–H groups in total. The fraction of sp³-hybridized carbons (Fsp3) is 0.312. The van der Waals surface area contributed by atoms with Gasteiger partial charge in [-0.3, -0.25) is 4.98 Å². The minimum atomic E-state index is -0.352. The Labute approximate surface area is 132 Å². The van der Waals surface area contributed by atoms with E-state index < -0.39 is 0 Å². The van der Waals surface area contributed by atoms with Crippen LogP contribution in [0, 0.1) is 5.82 Å². The first-order chi connectivity index (χ1) is 10.1. The molecular weight excluding hydrogens is 335 g/mol. The van der Waals surface area contributed by atoms with Crippen molar-refractivity contribution in [3.63, 3.8) is 0 Å². The summed E-state index contributed by atoms with van der Waals surface area (Å²) in [4.78, 5) is 4.41. The van der Waals surface area contributed by atoms with Crippen LogP contribution >= 0.6 is 15.9 Å². The second-order valence-corrected chi connectivity index (χ2v) is 5.47. The molecule has 0 amide bonds. The summed E-state index contributed by atoms with van der Waals surface area (Å²) in [6, 6.07) is 8.68. The van der Waals surface area contributed by atoms with Crippen LogP contribution < -0.4 is 10.1 Å². The molecule has 1 heterocycles. The van der Waals surface area contributed by atoms with E-state index in [-0.39, 0.29) is 11.9 Å². The van der Waals surface area contributed by atoms with Crippen LogP contribution in [0.5, 0.6) is 11.5 Å². The van der Waals surface area contributed by atoms with Gasteiger partial charge >= 0.3 is 0 Å². The number of hydrogen-bond donors (Lipinski definition) is 1. The Hall–Kier alpha value is -1.46. The molecule has 2 aromatic rings. The van der Waals surface area contributed by atoms with Crippen molar-refractivity contribution >= 4 is 15.9 Å². The zero-order valence-electron chi connectivity index (χ0n) is 12.1. The van der Waals surface area contributed by atoms with E-state index in [1.54, 1.807) is 18.3 Å². The van der Waals surface area contributed by atoms with E-state index in [2.05, 4.69) is 40.1 Å². The largest absolute Gasteiger partial charge is 0.456 e. The molecule has 0 radical (unpaired) electrons. The first-order valence-corrected chi connectivity index (χ1v) is 7.75. The number of hydrogen-bond acceptors (Lipinski definition) is 3. The Balaban J connectivity index is 2.09. The maximum absolute atomic E-state index is 13.4. The summed E-state index contributed by atoms with van der Waals surface area (Å²) in [5.41, 5.74) is 0.980. The Kier molecular flexibility index (Phi) is 5.70. The van der Waals surface area contributed by atoms with E-state index >= 15 is 0 Å². The van der Waals surface area contributed by atoms with Gasteiger partial charge in [-0.2, -0.15) is 0 Å². The summed E-state index contributed by atoms with van der Waals surface area (Å²) in [5, 5.41) is 3.37. The van der Waals surface area contributed by atoms with Crippen molar-refractivity contribution in [2.75, 3.05) is 6.54 Å². The number of nitrogens with one attached hydrogen (secondary N) is 1. The van der Waals surface area contributed by atoms with Crippen LogP contribution in [0.3, 0.4) is 0 Å².